The Morgan fingerprint density at radius 3 is 2.44 bits per heavy atom. The van der Waals surface area contributed by atoms with Crippen LogP contribution in [-0.4, -0.2) is 24.0 Å². The lowest BCUT2D eigenvalue weighted by atomic mass is 10.1. The zero-order valence-electron chi connectivity index (χ0n) is 9.13. The van der Waals surface area contributed by atoms with E-state index in [9.17, 15) is 0 Å². The fraction of sp³-hybridized carbons (Fsp3) is 0.455. The molecule has 0 aromatic carbocycles. The largest absolute Gasteiger partial charge is 0.468 e. The van der Waals surface area contributed by atoms with Crippen LogP contribution in [-0.2, 0) is 0 Å². The lowest BCUT2D eigenvalue weighted by Gasteiger charge is -2.28. The fourth-order valence-corrected chi connectivity index (χ4v) is 1.67. The van der Waals surface area contributed by atoms with Gasteiger partial charge in [0, 0.05) is 6.04 Å². The third-order valence-corrected chi connectivity index (χ3v) is 2.27. The van der Waals surface area contributed by atoms with Gasteiger partial charge in [-0.2, -0.15) is 10.5 Å². The Kier molecular flexibility index (Phi) is 4.53. The van der Waals surface area contributed by atoms with E-state index in [2.05, 4.69) is 0 Å². The molecular formula is C11H14N4O. The summed E-state index contributed by atoms with van der Waals surface area (Å²) in [5.74, 6) is 0.681. The van der Waals surface area contributed by atoms with Gasteiger partial charge < -0.3 is 10.2 Å². The van der Waals surface area contributed by atoms with Crippen molar-refractivity contribution in [1.29, 1.82) is 10.5 Å². The molecular weight excluding hydrogens is 204 g/mol. The van der Waals surface area contributed by atoms with Crippen molar-refractivity contribution in [2.75, 3.05) is 13.1 Å². The molecule has 0 bridgehead atoms. The van der Waals surface area contributed by atoms with Crippen LogP contribution in [0.1, 0.15) is 18.7 Å². The standard InChI is InChI=1S/C11H14N4O/c1-9(14)11(10-3-2-8-16-10)15(6-4-12)7-5-13/h2-3,8-9,11H,6-7,14H2,1H3. The molecule has 0 aliphatic heterocycles. The zero-order valence-corrected chi connectivity index (χ0v) is 9.13. The van der Waals surface area contributed by atoms with Crippen LogP contribution in [0.5, 0.6) is 0 Å². The Hall–Kier alpha value is -1.82. The number of hydrogen-bond donors (Lipinski definition) is 1. The second-order valence-electron chi connectivity index (χ2n) is 3.54. The molecule has 16 heavy (non-hydrogen) atoms. The van der Waals surface area contributed by atoms with Crippen LogP contribution in [0, 0.1) is 22.7 Å². The molecule has 0 saturated heterocycles. The molecule has 1 aromatic heterocycles. The molecule has 2 unspecified atom stereocenters. The fourth-order valence-electron chi connectivity index (χ4n) is 1.67. The van der Waals surface area contributed by atoms with Crippen molar-refractivity contribution in [3.63, 3.8) is 0 Å². The lowest BCUT2D eigenvalue weighted by Crippen LogP contribution is -2.39. The van der Waals surface area contributed by atoms with Crippen molar-refractivity contribution in [2.45, 2.75) is 19.0 Å². The van der Waals surface area contributed by atoms with Crippen molar-refractivity contribution in [3.05, 3.63) is 24.2 Å². The quantitative estimate of drug-likeness (QED) is 0.745. The maximum atomic E-state index is 8.72. The summed E-state index contributed by atoms with van der Waals surface area (Å²) in [6.45, 7) is 2.13. The maximum absolute atomic E-state index is 8.72. The monoisotopic (exact) mass is 218 g/mol. The summed E-state index contributed by atoms with van der Waals surface area (Å²) >= 11 is 0. The van der Waals surface area contributed by atoms with Gasteiger partial charge in [-0.05, 0) is 19.1 Å². The lowest BCUT2D eigenvalue weighted by molar-refractivity contribution is 0.193. The number of nitrogens with two attached hydrogens (primary N) is 1. The van der Waals surface area contributed by atoms with E-state index in [0.29, 0.717) is 5.76 Å². The highest BCUT2D eigenvalue weighted by Crippen LogP contribution is 2.23. The molecule has 2 atom stereocenters. The predicted octanol–water partition coefficient (Wildman–Crippen LogP) is 1.02. The van der Waals surface area contributed by atoms with Crippen LogP contribution in [0.2, 0.25) is 0 Å². The smallest absolute Gasteiger partial charge is 0.122 e. The van der Waals surface area contributed by atoms with Gasteiger partial charge in [-0.15, -0.1) is 0 Å². The predicted molar refractivity (Wildman–Crippen MR) is 57.9 cm³/mol. The summed E-state index contributed by atoms with van der Waals surface area (Å²) in [4.78, 5) is 1.70. The molecule has 1 heterocycles. The third kappa shape index (κ3) is 2.83. The summed E-state index contributed by atoms with van der Waals surface area (Å²) in [5, 5.41) is 17.4. The number of hydrogen-bond acceptors (Lipinski definition) is 5. The van der Waals surface area contributed by atoms with Crippen molar-refractivity contribution in [1.82, 2.24) is 4.90 Å². The summed E-state index contributed by atoms with van der Waals surface area (Å²) in [6.07, 6.45) is 1.56. The zero-order chi connectivity index (χ0) is 12.0. The van der Waals surface area contributed by atoms with Gasteiger partial charge in [0.05, 0.1) is 37.5 Å². The molecule has 0 aliphatic carbocycles. The molecule has 0 radical (unpaired) electrons. The van der Waals surface area contributed by atoms with Crippen molar-refractivity contribution >= 4 is 0 Å². The molecule has 0 aliphatic rings. The van der Waals surface area contributed by atoms with Gasteiger partial charge in [0.15, 0.2) is 0 Å². The maximum Gasteiger partial charge on any atom is 0.122 e. The molecule has 0 saturated carbocycles. The molecule has 1 aromatic rings. The van der Waals surface area contributed by atoms with Gasteiger partial charge in [-0.1, -0.05) is 0 Å². The van der Waals surface area contributed by atoms with Crippen LogP contribution < -0.4 is 5.73 Å². The Bertz CT molecular complexity index is 369. The van der Waals surface area contributed by atoms with E-state index in [1.807, 2.05) is 19.1 Å². The van der Waals surface area contributed by atoms with Gasteiger partial charge in [0.2, 0.25) is 0 Å². The Morgan fingerprint density at radius 2 is 2.06 bits per heavy atom. The molecule has 5 nitrogen and oxygen atoms in total. The molecule has 2 N–H and O–H groups in total. The Balaban J connectivity index is 2.92. The van der Waals surface area contributed by atoms with Crippen molar-refractivity contribution in [2.24, 2.45) is 5.73 Å². The molecule has 1 rings (SSSR count). The van der Waals surface area contributed by atoms with E-state index in [1.165, 1.54) is 0 Å². The minimum absolute atomic E-state index is 0.153. The van der Waals surface area contributed by atoms with E-state index in [0.717, 1.165) is 0 Å². The summed E-state index contributed by atoms with van der Waals surface area (Å²) in [5.41, 5.74) is 5.87. The van der Waals surface area contributed by atoms with Gasteiger partial charge in [-0.25, -0.2) is 0 Å². The van der Waals surface area contributed by atoms with Crippen LogP contribution >= 0.6 is 0 Å². The highest BCUT2D eigenvalue weighted by Gasteiger charge is 2.25. The van der Waals surface area contributed by atoms with Gasteiger partial charge in [0.1, 0.15) is 5.76 Å². The van der Waals surface area contributed by atoms with Gasteiger partial charge >= 0.3 is 0 Å². The van der Waals surface area contributed by atoms with Crippen LogP contribution in [0.15, 0.2) is 22.8 Å². The minimum Gasteiger partial charge on any atom is -0.468 e. The summed E-state index contributed by atoms with van der Waals surface area (Å²) in [6, 6.07) is 7.17. The van der Waals surface area contributed by atoms with E-state index in [1.54, 1.807) is 23.3 Å². The Morgan fingerprint density at radius 1 is 1.44 bits per heavy atom. The van der Waals surface area contributed by atoms with E-state index in [4.69, 9.17) is 20.7 Å². The summed E-state index contributed by atoms with van der Waals surface area (Å²) in [7, 11) is 0. The first-order valence-electron chi connectivity index (χ1n) is 4.97. The van der Waals surface area contributed by atoms with E-state index < -0.39 is 0 Å². The molecule has 0 spiro atoms. The first-order valence-corrected chi connectivity index (χ1v) is 4.97. The second kappa shape index (κ2) is 5.92. The van der Waals surface area contributed by atoms with E-state index in [-0.39, 0.29) is 25.2 Å². The van der Waals surface area contributed by atoms with Crippen LogP contribution in [0.3, 0.4) is 0 Å². The minimum atomic E-state index is -0.241. The molecule has 0 amide bonds. The third-order valence-electron chi connectivity index (χ3n) is 2.27. The van der Waals surface area contributed by atoms with Crippen molar-refractivity contribution in [3.8, 4) is 12.1 Å². The normalized spacial score (nSPS) is 14.1. The topological polar surface area (TPSA) is 90.0 Å². The van der Waals surface area contributed by atoms with E-state index >= 15 is 0 Å². The van der Waals surface area contributed by atoms with Gasteiger partial charge in [0.25, 0.3) is 0 Å². The second-order valence-corrected chi connectivity index (χ2v) is 3.54. The molecule has 84 valence electrons. The SMILES string of the molecule is CC(N)C(c1ccco1)N(CC#N)CC#N. The van der Waals surface area contributed by atoms with Crippen LogP contribution in [0.4, 0.5) is 0 Å². The van der Waals surface area contributed by atoms with Crippen LogP contribution in [0.25, 0.3) is 0 Å². The number of nitriles is 2. The Labute approximate surface area is 94.7 Å². The molecule has 5 heteroatoms. The highest BCUT2D eigenvalue weighted by molar-refractivity contribution is 5.09. The first kappa shape index (κ1) is 12.3. The van der Waals surface area contributed by atoms with Gasteiger partial charge in [-0.3, -0.25) is 4.90 Å². The first-order chi connectivity index (χ1) is 7.70. The average Bonchev–Trinajstić information content (AvgIpc) is 2.71. The molecule has 0 fully saturated rings. The highest BCUT2D eigenvalue weighted by atomic mass is 16.3. The number of rotatable bonds is 5. The van der Waals surface area contributed by atoms with Crippen molar-refractivity contribution < 1.29 is 4.42 Å². The number of nitrogens with zero attached hydrogens (tertiary/aromatic N) is 3. The number of furan rings is 1. The average molecular weight is 218 g/mol. The summed E-state index contributed by atoms with van der Waals surface area (Å²) < 4.78 is 5.29.